The van der Waals surface area contributed by atoms with Crippen molar-refractivity contribution in [3.8, 4) is 6.07 Å². The number of fused-ring (bicyclic) bond motifs is 1. The molecule has 1 atom stereocenters. The number of nitriles is 1. The molecule has 1 aromatic heterocycles. The number of ketones is 2. The highest BCUT2D eigenvalue weighted by atomic mass is 32.1. The summed E-state index contributed by atoms with van der Waals surface area (Å²) in [6.45, 7) is 0. The van der Waals surface area contributed by atoms with Gasteiger partial charge in [-0.05, 0) is 50.0 Å². The van der Waals surface area contributed by atoms with Gasteiger partial charge in [-0.1, -0.05) is 12.8 Å². The Balaban J connectivity index is 1.64. The predicted molar refractivity (Wildman–Crippen MR) is 93.3 cm³/mol. The molecule has 3 aliphatic rings. The Morgan fingerprint density at radius 1 is 1.17 bits per heavy atom. The molecule has 1 unspecified atom stereocenters. The minimum atomic E-state index is -0.0847. The number of nitrogens with zero attached hydrogens (tertiary/aromatic N) is 1. The molecule has 0 amide bonds. The first kappa shape index (κ1) is 16.0. The second kappa shape index (κ2) is 6.44. The molecule has 0 N–H and O–H groups in total. The van der Waals surface area contributed by atoms with E-state index in [2.05, 4.69) is 6.07 Å². The maximum Gasteiger partial charge on any atom is 0.164 e. The third kappa shape index (κ3) is 3.19. The molecular formula is C20H23NO2S. The van der Waals surface area contributed by atoms with Gasteiger partial charge in [0.2, 0.25) is 0 Å². The largest absolute Gasteiger partial charge is 0.299 e. The lowest BCUT2D eigenvalue weighted by Crippen LogP contribution is -2.12. The van der Waals surface area contributed by atoms with Gasteiger partial charge in [0, 0.05) is 34.1 Å². The van der Waals surface area contributed by atoms with Gasteiger partial charge in [0.15, 0.2) is 5.78 Å². The fourth-order valence-corrected chi connectivity index (χ4v) is 5.29. The summed E-state index contributed by atoms with van der Waals surface area (Å²) in [5.74, 6) is 1.39. The lowest BCUT2D eigenvalue weighted by atomic mass is 9.86. The maximum absolute atomic E-state index is 12.9. The summed E-state index contributed by atoms with van der Waals surface area (Å²) in [6.07, 6.45) is 9.30. The van der Waals surface area contributed by atoms with Crippen molar-refractivity contribution in [1.29, 1.82) is 5.26 Å². The Hall–Kier alpha value is -1.47. The molecule has 1 heterocycles. The van der Waals surface area contributed by atoms with E-state index < -0.39 is 0 Å². The highest BCUT2D eigenvalue weighted by molar-refractivity contribution is 7.12. The van der Waals surface area contributed by atoms with Crippen molar-refractivity contribution in [2.45, 2.75) is 70.1 Å². The second-order valence-electron chi connectivity index (χ2n) is 7.64. The van der Waals surface area contributed by atoms with E-state index in [1.54, 1.807) is 11.3 Å². The van der Waals surface area contributed by atoms with Crippen LogP contribution in [0.1, 0.15) is 83.0 Å². The van der Waals surface area contributed by atoms with E-state index in [4.69, 9.17) is 0 Å². The van der Waals surface area contributed by atoms with Crippen LogP contribution in [0.25, 0.3) is 0 Å². The third-order valence-corrected chi connectivity index (χ3v) is 6.97. The molecule has 1 aromatic rings. The molecule has 24 heavy (non-hydrogen) atoms. The average Bonchev–Trinajstić information content (AvgIpc) is 3.48. The molecule has 0 aromatic carbocycles. The van der Waals surface area contributed by atoms with Crippen molar-refractivity contribution in [3.05, 3.63) is 20.9 Å². The van der Waals surface area contributed by atoms with Crippen LogP contribution in [0.4, 0.5) is 0 Å². The summed E-state index contributed by atoms with van der Waals surface area (Å²) in [5, 5.41) is 9.45. The zero-order chi connectivity index (χ0) is 16.7. The highest BCUT2D eigenvalue weighted by Gasteiger charge is 2.34. The molecule has 0 spiro atoms. The smallest absolute Gasteiger partial charge is 0.164 e. The van der Waals surface area contributed by atoms with Gasteiger partial charge in [0.25, 0.3) is 0 Å². The van der Waals surface area contributed by atoms with Crippen LogP contribution in [0.15, 0.2) is 0 Å². The monoisotopic (exact) mass is 341 g/mol. The molecule has 4 rings (SSSR count). The lowest BCUT2D eigenvalue weighted by Gasteiger charge is -2.17. The van der Waals surface area contributed by atoms with Gasteiger partial charge in [-0.15, -0.1) is 11.3 Å². The molecule has 0 saturated heterocycles. The first-order chi connectivity index (χ1) is 11.7. The average molecular weight is 341 g/mol. The first-order valence-corrected chi connectivity index (χ1v) is 10.1. The second-order valence-corrected chi connectivity index (χ2v) is 8.78. The number of carbonyl (C=O) groups is 2. The summed E-state index contributed by atoms with van der Waals surface area (Å²) in [6, 6.07) is 2.40. The molecule has 0 aliphatic heterocycles. The standard InChI is InChI=1S/C20H23NO2S/c21-11-14-2-1-3-15-19(16(22)9-6-12-4-5-12)18(24-20(14)15)10-17(23)13-7-8-13/h12-14H,1-10H2. The van der Waals surface area contributed by atoms with E-state index in [0.29, 0.717) is 18.6 Å². The van der Waals surface area contributed by atoms with Gasteiger partial charge >= 0.3 is 0 Å². The van der Waals surface area contributed by atoms with Crippen LogP contribution in [-0.2, 0) is 17.6 Å². The lowest BCUT2D eigenvalue weighted by molar-refractivity contribution is -0.119. The first-order valence-electron chi connectivity index (χ1n) is 9.27. The van der Waals surface area contributed by atoms with Gasteiger partial charge < -0.3 is 0 Å². The zero-order valence-corrected chi connectivity index (χ0v) is 14.8. The normalized spacial score (nSPS) is 22.7. The number of thiophene rings is 1. The minimum Gasteiger partial charge on any atom is -0.299 e. The van der Waals surface area contributed by atoms with Crippen LogP contribution in [0.5, 0.6) is 0 Å². The van der Waals surface area contributed by atoms with Crippen molar-refractivity contribution >= 4 is 22.9 Å². The van der Waals surface area contributed by atoms with Crippen LogP contribution in [0, 0.1) is 23.2 Å². The third-order valence-electron chi connectivity index (χ3n) is 5.63. The van der Waals surface area contributed by atoms with Gasteiger partial charge in [0.1, 0.15) is 5.78 Å². The Bertz CT molecular complexity index is 719. The molecule has 126 valence electrons. The molecule has 3 aliphatic carbocycles. The van der Waals surface area contributed by atoms with Gasteiger partial charge in [-0.2, -0.15) is 5.26 Å². The van der Waals surface area contributed by atoms with E-state index in [-0.39, 0.29) is 17.6 Å². The van der Waals surface area contributed by atoms with E-state index in [1.807, 2.05) is 0 Å². The van der Waals surface area contributed by atoms with Crippen molar-refractivity contribution in [3.63, 3.8) is 0 Å². The Morgan fingerprint density at radius 3 is 2.62 bits per heavy atom. The molecule has 3 nitrogen and oxygen atoms in total. The molecule has 2 saturated carbocycles. The van der Waals surface area contributed by atoms with Crippen LogP contribution < -0.4 is 0 Å². The molecule has 0 radical (unpaired) electrons. The van der Waals surface area contributed by atoms with Crippen LogP contribution in [-0.4, -0.2) is 11.6 Å². The van der Waals surface area contributed by atoms with Crippen LogP contribution in [0.3, 0.4) is 0 Å². The van der Waals surface area contributed by atoms with Gasteiger partial charge in [-0.3, -0.25) is 9.59 Å². The number of carbonyl (C=O) groups excluding carboxylic acids is 2. The zero-order valence-electron chi connectivity index (χ0n) is 14.0. The fourth-order valence-electron chi connectivity index (χ4n) is 3.83. The fraction of sp³-hybridized carbons (Fsp3) is 0.650. The SMILES string of the molecule is N#CC1CCCc2c1sc(CC(=O)C1CC1)c2C(=O)CCC1CC1. The molecule has 0 bridgehead atoms. The maximum atomic E-state index is 12.9. The van der Waals surface area contributed by atoms with Crippen molar-refractivity contribution in [2.75, 3.05) is 0 Å². The number of hydrogen-bond acceptors (Lipinski definition) is 4. The Kier molecular flexibility index (Phi) is 4.30. The molecule has 4 heteroatoms. The number of Topliss-reactive ketones (excluding diaryl/α,β-unsaturated/α-hetero) is 2. The Labute approximate surface area is 147 Å². The predicted octanol–water partition coefficient (Wildman–Crippen LogP) is 4.59. The summed E-state index contributed by atoms with van der Waals surface area (Å²) >= 11 is 1.58. The summed E-state index contributed by atoms with van der Waals surface area (Å²) in [4.78, 5) is 27.3. The van der Waals surface area contributed by atoms with Crippen molar-refractivity contribution in [2.24, 2.45) is 11.8 Å². The van der Waals surface area contributed by atoms with Crippen molar-refractivity contribution in [1.82, 2.24) is 0 Å². The topological polar surface area (TPSA) is 57.9 Å². The van der Waals surface area contributed by atoms with E-state index >= 15 is 0 Å². The molecular weight excluding hydrogens is 318 g/mol. The van der Waals surface area contributed by atoms with Crippen molar-refractivity contribution < 1.29 is 9.59 Å². The summed E-state index contributed by atoms with van der Waals surface area (Å²) in [7, 11) is 0. The van der Waals surface area contributed by atoms with E-state index in [1.165, 1.54) is 12.8 Å². The number of hydrogen-bond donors (Lipinski definition) is 0. The minimum absolute atomic E-state index is 0.0847. The highest BCUT2D eigenvalue weighted by Crippen LogP contribution is 2.43. The summed E-state index contributed by atoms with van der Waals surface area (Å²) in [5.41, 5.74) is 1.95. The summed E-state index contributed by atoms with van der Waals surface area (Å²) < 4.78 is 0. The van der Waals surface area contributed by atoms with Crippen LogP contribution in [0.2, 0.25) is 0 Å². The molecule has 2 fully saturated rings. The van der Waals surface area contributed by atoms with Crippen LogP contribution >= 0.6 is 11.3 Å². The number of rotatable bonds is 7. The van der Waals surface area contributed by atoms with E-state index in [0.717, 1.165) is 65.3 Å². The quantitative estimate of drug-likeness (QED) is 0.682. The van der Waals surface area contributed by atoms with E-state index in [9.17, 15) is 14.9 Å². The van der Waals surface area contributed by atoms with Gasteiger partial charge in [0.05, 0.1) is 12.0 Å². The van der Waals surface area contributed by atoms with Gasteiger partial charge in [-0.25, -0.2) is 0 Å². The Morgan fingerprint density at radius 2 is 1.96 bits per heavy atom.